The van der Waals surface area contributed by atoms with Crippen molar-refractivity contribution < 1.29 is 33.4 Å². The van der Waals surface area contributed by atoms with Crippen molar-refractivity contribution in [3.63, 3.8) is 0 Å². The van der Waals surface area contributed by atoms with Crippen LogP contribution in [0.5, 0.6) is 5.75 Å². The number of fused-ring (bicyclic) bond motifs is 1. The summed E-state index contributed by atoms with van der Waals surface area (Å²) in [4.78, 5) is 70.4. The lowest BCUT2D eigenvalue weighted by Crippen LogP contribution is -2.55. The highest BCUT2D eigenvalue weighted by atomic mass is 16.5. The maximum Gasteiger partial charge on any atom is 0.276 e. The van der Waals surface area contributed by atoms with Crippen LogP contribution in [-0.2, 0) is 25.7 Å². The van der Waals surface area contributed by atoms with E-state index in [2.05, 4.69) is 20.4 Å². The Balaban J connectivity index is 1.10. The first-order chi connectivity index (χ1) is 20.6. The summed E-state index contributed by atoms with van der Waals surface area (Å²) in [7, 11) is 0. The quantitative estimate of drug-likeness (QED) is 0.190. The molecule has 1 saturated heterocycles. The zero-order valence-corrected chi connectivity index (χ0v) is 23.8. The summed E-state index contributed by atoms with van der Waals surface area (Å²) < 4.78 is 13.3. The van der Waals surface area contributed by atoms with Gasteiger partial charge in [-0.15, -0.1) is 0 Å². The lowest BCUT2D eigenvalue weighted by atomic mass is 10.1. The summed E-state index contributed by atoms with van der Waals surface area (Å²) in [6.45, 7) is 5.77. The second kappa shape index (κ2) is 12.4. The smallest absolute Gasteiger partial charge is 0.276 e. The molecule has 5 rings (SSSR count). The van der Waals surface area contributed by atoms with E-state index in [4.69, 9.17) is 15.2 Å². The molecule has 15 nitrogen and oxygen atoms in total. The number of aromatic amines is 1. The van der Waals surface area contributed by atoms with Gasteiger partial charge in [-0.2, -0.15) is 5.10 Å². The number of aromatic nitrogens is 4. The van der Waals surface area contributed by atoms with Crippen molar-refractivity contribution >= 4 is 46.5 Å². The Morgan fingerprint density at radius 2 is 1.86 bits per heavy atom. The molecule has 226 valence electrons. The van der Waals surface area contributed by atoms with Gasteiger partial charge >= 0.3 is 0 Å². The number of aryl methyl sites for hydroxylation is 2. The van der Waals surface area contributed by atoms with Gasteiger partial charge in [-0.05, 0) is 32.0 Å². The summed E-state index contributed by atoms with van der Waals surface area (Å²) in [5, 5.41) is 7.02. The third kappa shape index (κ3) is 6.56. The molecule has 0 atom stereocenters. The first-order valence-corrected chi connectivity index (χ1v) is 13.9. The molecule has 3 aromatic rings. The van der Waals surface area contributed by atoms with E-state index in [1.807, 2.05) is 6.92 Å². The van der Waals surface area contributed by atoms with Gasteiger partial charge in [-0.25, -0.2) is 4.98 Å². The number of nitrogens with one attached hydrogen (secondary N) is 2. The summed E-state index contributed by atoms with van der Waals surface area (Å²) in [6, 6.07) is 4.72. The van der Waals surface area contributed by atoms with Crippen molar-refractivity contribution in [2.24, 2.45) is 5.73 Å². The molecule has 0 unspecified atom stereocenters. The van der Waals surface area contributed by atoms with Crippen LogP contribution in [0.1, 0.15) is 46.3 Å². The highest BCUT2D eigenvalue weighted by Crippen LogP contribution is 2.28. The molecule has 2 aromatic heterocycles. The molecule has 43 heavy (non-hydrogen) atoms. The Labute approximate surface area is 246 Å². The van der Waals surface area contributed by atoms with Gasteiger partial charge in [0.05, 0.1) is 30.5 Å². The van der Waals surface area contributed by atoms with Gasteiger partial charge in [-0.1, -0.05) is 0 Å². The maximum atomic E-state index is 12.8. The van der Waals surface area contributed by atoms with Crippen LogP contribution in [0.2, 0.25) is 0 Å². The largest absolute Gasteiger partial charge is 0.491 e. The Morgan fingerprint density at radius 1 is 1.12 bits per heavy atom. The summed E-state index contributed by atoms with van der Waals surface area (Å²) in [5.74, 6) is -1.48. The number of nitrogens with two attached hydrogens (primary N) is 1. The molecular weight excluding hydrogens is 560 g/mol. The van der Waals surface area contributed by atoms with Crippen LogP contribution in [0.4, 0.5) is 5.95 Å². The third-order valence-corrected chi connectivity index (χ3v) is 7.05. The Morgan fingerprint density at radius 3 is 2.56 bits per heavy atom. The Bertz CT molecular complexity index is 1600. The number of imide groups is 1. The van der Waals surface area contributed by atoms with Crippen LogP contribution in [0.15, 0.2) is 30.4 Å². The number of imidazole rings is 1. The highest BCUT2D eigenvalue weighted by Gasteiger charge is 2.32. The molecule has 0 aliphatic carbocycles. The van der Waals surface area contributed by atoms with E-state index in [-0.39, 0.29) is 49.0 Å². The number of amides is 5. The lowest BCUT2D eigenvalue weighted by Gasteiger charge is -2.39. The topological polar surface area (TPSA) is 195 Å². The number of benzene rings is 1. The highest BCUT2D eigenvalue weighted by molar-refractivity contribution is 6.13. The number of carbonyl (C=O) groups excluding carboxylic acids is 5. The van der Waals surface area contributed by atoms with Gasteiger partial charge in [0.2, 0.25) is 17.8 Å². The van der Waals surface area contributed by atoms with Crippen LogP contribution >= 0.6 is 0 Å². The molecule has 1 fully saturated rings. The van der Waals surface area contributed by atoms with Crippen LogP contribution in [0.3, 0.4) is 0 Å². The van der Waals surface area contributed by atoms with Crippen molar-refractivity contribution in [3.05, 3.63) is 47.3 Å². The van der Waals surface area contributed by atoms with Crippen LogP contribution in [0, 0.1) is 6.92 Å². The number of nitrogens with zero attached hydrogens (tertiary/aromatic N) is 5. The number of hydrogen-bond acceptors (Lipinski definition) is 9. The number of carbonyl (C=O) groups is 5. The fourth-order valence-corrected chi connectivity index (χ4v) is 4.79. The molecular formula is C28H32N8O7. The molecule has 0 bridgehead atoms. The van der Waals surface area contributed by atoms with Crippen molar-refractivity contribution in [2.45, 2.75) is 39.3 Å². The first kappa shape index (κ1) is 29.4. The third-order valence-electron chi connectivity index (χ3n) is 7.05. The standard InChI is InChI=1S/C28H32N8O7/c1-3-36-20(11-16(2)33-36)27(41)32-28-30-19-12-17(26(29)40)13-21(25(19)31-28)43-10-4-9-42-18-14-34(15-18)22(37)7-8-35-23(38)5-6-24(35)39/h5-6,11-13,18H,3-4,7-10,14-15H2,1-2H3,(H2,29,40)(H2,30,31,32,41). The average molecular weight is 593 g/mol. The molecule has 5 amide bonds. The number of H-pyrrole nitrogens is 1. The fraction of sp³-hybridized carbons (Fsp3) is 0.393. The number of hydrogen-bond donors (Lipinski definition) is 3. The lowest BCUT2D eigenvalue weighted by molar-refractivity contribution is -0.146. The van der Waals surface area contributed by atoms with Crippen molar-refractivity contribution in [3.8, 4) is 5.75 Å². The minimum atomic E-state index is -0.642. The Kier molecular flexibility index (Phi) is 8.52. The van der Waals surface area contributed by atoms with E-state index >= 15 is 0 Å². The predicted molar refractivity (Wildman–Crippen MR) is 152 cm³/mol. The number of ether oxygens (including phenoxy) is 2. The molecule has 2 aliphatic heterocycles. The molecule has 15 heteroatoms. The number of anilines is 1. The van der Waals surface area contributed by atoms with Crippen LogP contribution in [0.25, 0.3) is 11.0 Å². The Hall–Kier alpha value is -5.05. The fourth-order valence-electron chi connectivity index (χ4n) is 4.79. The predicted octanol–water partition coefficient (Wildman–Crippen LogP) is 0.750. The molecule has 1 aromatic carbocycles. The van der Waals surface area contributed by atoms with Gasteiger partial charge < -0.3 is 25.1 Å². The average Bonchev–Trinajstić information content (AvgIpc) is 3.63. The molecule has 0 saturated carbocycles. The van der Waals surface area contributed by atoms with E-state index in [0.29, 0.717) is 60.8 Å². The van der Waals surface area contributed by atoms with Gasteiger partial charge in [0, 0.05) is 56.7 Å². The maximum absolute atomic E-state index is 12.8. The second-order valence-electron chi connectivity index (χ2n) is 10.2. The van der Waals surface area contributed by atoms with Crippen molar-refractivity contribution in [1.29, 1.82) is 0 Å². The van der Waals surface area contributed by atoms with Gasteiger partial charge in [0.15, 0.2) is 0 Å². The number of likely N-dealkylation sites (tertiary alicyclic amines) is 1. The monoisotopic (exact) mass is 592 g/mol. The minimum absolute atomic E-state index is 0.0567. The number of primary amides is 1. The van der Waals surface area contributed by atoms with Crippen molar-refractivity contribution in [2.75, 3.05) is 38.2 Å². The van der Waals surface area contributed by atoms with Gasteiger partial charge in [-0.3, -0.25) is 38.9 Å². The summed E-state index contributed by atoms with van der Waals surface area (Å²) >= 11 is 0. The molecule has 0 spiro atoms. The van der Waals surface area contributed by atoms with Crippen LogP contribution < -0.4 is 15.8 Å². The van der Waals surface area contributed by atoms with E-state index in [0.717, 1.165) is 4.90 Å². The van der Waals surface area contributed by atoms with Gasteiger partial charge in [0.1, 0.15) is 17.0 Å². The SMILES string of the molecule is CCn1nc(C)cc1C(=O)Nc1nc2c(OCCCOC3CN(C(=O)CCN4C(=O)C=CC4=O)C3)cc(C(N)=O)cc2[nH]1. The zero-order valence-electron chi connectivity index (χ0n) is 23.8. The second-order valence-corrected chi connectivity index (χ2v) is 10.2. The summed E-state index contributed by atoms with van der Waals surface area (Å²) in [5.41, 5.74) is 7.71. The minimum Gasteiger partial charge on any atom is -0.491 e. The van der Waals surface area contributed by atoms with Crippen LogP contribution in [-0.4, -0.2) is 98.0 Å². The number of rotatable bonds is 13. The van der Waals surface area contributed by atoms with Gasteiger partial charge in [0.25, 0.3) is 17.7 Å². The molecule has 4 N–H and O–H groups in total. The molecule has 4 heterocycles. The van der Waals surface area contributed by atoms with E-state index in [1.54, 1.807) is 22.6 Å². The molecule has 2 aliphatic rings. The summed E-state index contributed by atoms with van der Waals surface area (Å²) in [6.07, 6.45) is 2.86. The zero-order chi connectivity index (χ0) is 30.7. The molecule has 0 radical (unpaired) electrons. The van der Waals surface area contributed by atoms with Crippen molar-refractivity contribution in [1.82, 2.24) is 29.5 Å². The van der Waals surface area contributed by atoms with E-state index in [1.165, 1.54) is 24.3 Å². The first-order valence-electron chi connectivity index (χ1n) is 13.9. The normalized spacial score (nSPS) is 14.9. The van der Waals surface area contributed by atoms with E-state index in [9.17, 15) is 24.0 Å². The van der Waals surface area contributed by atoms with E-state index < -0.39 is 17.7 Å².